The third-order valence-corrected chi connectivity index (χ3v) is 7.05. The number of sulfonamides is 1. The Morgan fingerprint density at radius 2 is 1.92 bits per heavy atom. The first-order valence-corrected chi connectivity index (χ1v) is 10.3. The van der Waals surface area contributed by atoms with Crippen molar-refractivity contribution in [2.24, 2.45) is 10.9 Å². The zero-order chi connectivity index (χ0) is 18.9. The molecule has 3 rings (SSSR count). The normalized spacial score (nSPS) is 31.4. The zero-order valence-corrected chi connectivity index (χ0v) is 15.4. The van der Waals surface area contributed by atoms with E-state index in [9.17, 15) is 21.6 Å². The molecule has 11 heteroatoms. The largest absolute Gasteiger partial charge is 0.511 e. The minimum absolute atomic E-state index is 0.101. The van der Waals surface area contributed by atoms with Crippen molar-refractivity contribution in [2.45, 2.75) is 55.9 Å². The smallest absolute Gasteiger partial charge is 0.373 e. The summed E-state index contributed by atoms with van der Waals surface area (Å²) in [5.74, 6) is 0.751. The summed E-state index contributed by atoms with van der Waals surface area (Å²) in [6, 6.07) is 0.235. The number of fused-ring (bicyclic) bond motifs is 2. The Bertz CT molecular complexity index is 633. The van der Waals surface area contributed by atoms with Crippen LogP contribution >= 0.6 is 0 Å². The molecule has 3 fully saturated rings. The number of rotatable bonds is 4. The summed E-state index contributed by atoms with van der Waals surface area (Å²) in [5, 5.41) is 6.55. The van der Waals surface area contributed by atoms with Gasteiger partial charge in [0.25, 0.3) is 0 Å². The average Bonchev–Trinajstić information content (AvgIpc) is 3.20. The van der Waals surface area contributed by atoms with Gasteiger partial charge in [-0.05, 0) is 38.0 Å². The zero-order valence-electron chi connectivity index (χ0n) is 14.6. The van der Waals surface area contributed by atoms with Crippen molar-refractivity contribution in [1.82, 2.24) is 14.9 Å². The summed E-state index contributed by atoms with van der Waals surface area (Å²) in [4.78, 5) is 4.19. The molecule has 3 saturated heterocycles. The number of alkyl halides is 3. The Kier molecular flexibility index (Phi) is 5.69. The van der Waals surface area contributed by atoms with E-state index in [2.05, 4.69) is 15.6 Å². The first-order valence-electron chi connectivity index (χ1n) is 8.89. The number of aliphatic imine (C=N–C) groups is 1. The van der Waals surface area contributed by atoms with Gasteiger partial charge < -0.3 is 15.4 Å². The first kappa shape index (κ1) is 19.7. The lowest BCUT2D eigenvalue weighted by atomic mass is 9.95. The third-order valence-electron chi connectivity index (χ3n) is 5.42. The lowest BCUT2D eigenvalue weighted by molar-refractivity contribution is -0.0496. The molecule has 0 amide bonds. The highest BCUT2D eigenvalue weighted by molar-refractivity contribution is 7.90. The highest BCUT2D eigenvalue weighted by Crippen LogP contribution is 2.34. The number of hydrogen-bond donors (Lipinski definition) is 2. The molecule has 26 heavy (non-hydrogen) atoms. The standard InChI is InChI=1S/C15H25F3N4O3S/c1-19-14(21-12-8-11-2-3-13(12)25-11)20-9-10-4-6-22(7-5-10)26(23,24)15(16,17)18/h10-13H,2-9H2,1H3,(H2,19,20,21). The summed E-state index contributed by atoms with van der Waals surface area (Å²) < 4.78 is 67.0. The highest BCUT2D eigenvalue weighted by Gasteiger charge is 2.50. The average molecular weight is 398 g/mol. The van der Waals surface area contributed by atoms with Gasteiger partial charge in [0.15, 0.2) is 5.96 Å². The van der Waals surface area contributed by atoms with Crippen molar-refractivity contribution in [3.05, 3.63) is 0 Å². The Morgan fingerprint density at radius 1 is 1.23 bits per heavy atom. The van der Waals surface area contributed by atoms with Crippen LogP contribution in [0.5, 0.6) is 0 Å². The number of nitrogens with zero attached hydrogens (tertiary/aromatic N) is 2. The van der Waals surface area contributed by atoms with E-state index in [1.165, 1.54) is 0 Å². The monoisotopic (exact) mass is 398 g/mol. The van der Waals surface area contributed by atoms with Gasteiger partial charge in [0.1, 0.15) is 0 Å². The molecule has 0 aliphatic carbocycles. The maximum absolute atomic E-state index is 12.6. The lowest BCUT2D eigenvalue weighted by Crippen LogP contribution is -2.50. The molecule has 150 valence electrons. The number of nitrogens with one attached hydrogen (secondary N) is 2. The van der Waals surface area contributed by atoms with Gasteiger partial charge in [-0.2, -0.15) is 17.5 Å². The van der Waals surface area contributed by atoms with Crippen molar-refractivity contribution in [1.29, 1.82) is 0 Å². The molecule has 7 nitrogen and oxygen atoms in total. The Hall–Kier alpha value is -1.07. The maximum Gasteiger partial charge on any atom is 0.511 e. The summed E-state index contributed by atoms with van der Waals surface area (Å²) in [7, 11) is -3.55. The number of guanidine groups is 1. The van der Waals surface area contributed by atoms with Crippen molar-refractivity contribution in [2.75, 3.05) is 26.7 Å². The number of hydrogen-bond acceptors (Lipinski definition) is 4. The fraction of sp³-hybridized carbons (Fsp3) is 0.933. The molecule has 0 radical (unpaired) electrons. The highest BCUT2D eigenvalue weighted by atomic mass is 32.2. The van der Waals surface area contributed by atoms with Crippen LogP contribution in [0.1, 0.15) is 32.1 Å². The van der Waals surface area contributed by atoms with Crippen LogP contribution in [-0.4, -0.2) is 69.1 Å². The molecular formula is C15H25F3N4O3S. The van der Waals surface area contributed by atoms with Crippen LogP contribution in [0, 0.1) is 5.92 Å². The van der Waals surface area contributed by atoms with Gasteiger partial charge in [-0.25, -0.2) is 8.42 Å². The van der Waals surface area contributed by atoms with E-state index in [1.54, 1.807) is 7.05 Å². The van der Waals surface area contributed by atoms with Gasteiger partial charge >= 0.3 is 15.5 Å². The van der Waals surface area contributed by atoms with Gasteiger partial charge in [0, 0.05) is 26.7 Å². The molecule has 3 aliphatic heterocycles. The van der Waals surface area contributed by atoms with Gasteiger partial charge in [-0.15, -0.1) is 0 Å². The molecule has 3 heterocycles. The van der Waals surface area contributed by atoms with Gasteiger partial charge in [0.05, 0.1) is 18.2 Å². The van der Waals surface area contributed by atoms with Crippen molar-refractivity contribution in [3.63, 3.8) is 0 Å². The SMILES string of the molecule is CN=C(NCC1CCN(S(=O)(=O)C(F)(F)F)CC1)NC1CC2CCC1O2. The lowest BCUT2D eigenvalue weighted by Gasteiger charge is -2.32. The Labute approximate surface area is 151 Å². The number of halogens is 3. The van der Waals surface area contributed by atoms with Crippen molar-refractivity contribution in [3.8, 4) is 0 Å². The summed E-state index contributed by atoms with van der Waals surface area (Å²) in [5.41, 5.74) is -5.23. The van der Waals surface area contributed by atoms with E-state index < -0.39 is 15.5 Å². The molecule has 3 aliphatic rings. The van der Waals surface area contributed by atoms with E-state index in [4.69, 9.17) is 4.74 Å². The first-order chi connectivity index (χ1) is 12.2. The van der Waals surface area contributed by atoms with Gasteiger partial charge in [0.2, 0.25) is 0 Å². The van der Waals surface area contributed by atoms with E-state index in [0.29, 0.717) is 35.8 Å². The number of ether oxygens (including phenoxy) is 1. The summed E-state index contributed by atoms with van der Waals surface area (Å²) >= 11 is 0. The quantitative estimate of drug-likeness (QED) is 0.546. The van der Waals surface area contributed by atoms with Crippen LogP contribution in [0.25, 0.3) is 0 Å². The second kappa shape index (κ2) is 7.51. The minimum Gasteiger partial charge on any atom is -0.373 e. The molecule has 0 saturated carbocycles. The van der Waals surface area contributed by atoms with E-state index in [1.807, 2.05) is 0 Å². The topological polar surface area (TPSA) is 83.0 Å². The van der Waals surface area contributed by atoms with Gasteiger partial charge in [-0.1, -0.05) is 0 Å². The molecule has 0 spiro atoms. The molecule has 2 bridgehead atoms. The maximum atomic E-state index is 12.6. The summed E-state index contributed by atoms with van der Waals surface area (Å²) in [6.45, 7) is 0.322. The molecule has 2 N–H and O–H groups in total. The second-order valence-corrected chi connectivity index (χ2v) is 9.04. The van der Waals surface area contributed by atoms with Gasteiger partial charge in [-0.3, -0.25) is 4.99 Å². The van der Waals surface area contributed by atoms with Crippen LogP contribution in [0.3, 0.4) is 0 Å². The van der Waals surface area contributed by atoms with Crippen LogP contribution in [0.15, 0.2) is 4.99 Å². The number of piperidine rings is 1. The van der Waals surface area contributed by atoms with Crippen molar-refractivity contribution >= 4 is 16.0 Å². The molecule has 0 aromatic heterocycles. The van der Waals surface area contributed by atoms with E-state index in [0.717, 1.165) is 19.3 Å². The fourth-order valence-corrected chi connectivity index (χ4v) is 4.89. The minimum atomic E-state index is -5.23. The third kappa shape index (κ3) is 4.09. The molecule has 3 unspecified atom stereocenters. The Morgan fingerprint density at radius 3 is 2.42 bits per heavy atom. The molecule has 0 aromatic rings. The predicted octanol–water partition coefficient (Wildman–Crippen LogP) is 1.03. The molecule has 0 aromatic carbocycles. The predicted molar refractivity (Wildman–Crippen MR) is 90.1 cm³/mol. The van der Waals surface area contributed by atoms with Crippen LogP contribution < -0.4 is 10.6 Å². The van der Waals surface area contributed by atoms with Crippen LogP contribution in [-0.2, 0) is 14.8 Å². The molecule has 3 atom stereocenters. The van der Waals surface area contributed by atoms with Crippen LogP contribution in [0.2, 0.25) is 0 Å². The Balaban J connectivity index is 1.43. The van der Waals surface area contributed by atoms with E-state index in [-0.39, 0.29) is 31.2 Å². The fourth-order valence-electron chi connectivity index (χ4n) is 3.90. The second-order valence-electron chi connectivity index (χ2n) is 7.11. The summed E-state index contributed by atoms with van der Waals surface area (Å²) in [6.07, 6.45) is 4.43. The van der Waals surface area contributed by atoms with Crippen molar-refractivity contribution < 1.29 is 26.3 Å². The van der Waals surface area contributed by atoms with Crippen LogP contribution in [0.4, 0.5) is 13.2 Å². The molecular weight excluding hydrogens is 373 g/mol. The van der Waals surface area contributed by atoms with E-state index >= 15 is 0 Å².